The number of anilines is 2. The van der Waals surface area contributed by atoms with Crippen molar-refractivity contribution in [2.24, 2.45) is 5.92 Å². The van der Waals surface area contributed by atoms with Gasteiger partial charge in [-0.15, -0.1) is 0 Å². The van der Waals surface area contributed by atoms with Crippen LogP contribution in [-0.2, 0) is 4.74 Å². The van der Waals surface area contributed by atoms with Crippen LogP contribution in [0.3, 0.4) is 0 Å². The molecule has 0 aliphatic carbocycles. The lowest BCUT2D eigenvalue weighted by molar-refractivity contribution is 0.0643. The largest absolute Gasteiger partial charge is 0.381 e. The van der Waals surface area contributed by atoms with Gasteiger partial charge in [0.15, 0.2) is 0 Å². The van der Waals surface area contributed by atoms with Gasteiger partial charge >= 0.3 is 0 Å². The van der Waals surface area contributed by atoms with Crippen LogP contribution < -0.4 is 10.6 Å². The molecule has 0 bridgehead atoms. The summed E-state index contributed by atoms with van der Waals surface area (Å²) in [6.07, 6.45) is 1.90. The highest BCUT2D eigenvalue weighted by molar-refractivity contribution is 6.10. The first-order chi connectivity index (χ1) is 14.1. The zero-order valence-corrected chi connectivity index (χ0v) is 15.9. The second kappa shape index (κ2) is 8.57. The molecule has 0 atom stereocenters. The van der Waals surface area contributed by atoms with E-state index in [1.165, 1.54) is 12.1 Å². The van der Waals surface area contributed by atoms with Crippen molar-refractivity contribution in [3.8, 4) is 0 Å². The minimum absolute atomic E-state index is 0.132. The lowest BCUT2D eigenvalue weighted by Gasteiger charge is -2.22. The molecule has 29 heavy (non-hydrogen) atoms. The molecule has 0 unspecified atom stereocenters. The maximum absolute atomic E-state index is 14.0. The Morgan fingerprint density at radius 3 is 2.45 bits per heavy atom. The summed E-state index contributed by atoms with van der Waals surface area (Å²) in [4.78, 5) is 12.8. The molecule has 1 aliphatic rings. The molecule has 3 aromatic carbocycles. The van der Waals surface area contributed by atoms with Crippen LogP contribution in [0.5, 0.6) is 0 Å². The van der Waals surface area contributed by atoms with Gasteiger partial charge < -0.3 is 15.4 Å². The molecule has 1 aliphatic heterocycles. The number of hydrogen-bond donors (Lipinski definition) is 2. The Balaban J connectivity index is 1.58. The monoisotopic (exact) mass is 396 g/mol. The molecular weight excluding hydrogens is 374 g/mol. The van der Waals surface area contributed by atoms with Gasteiger partial charge in [0.05, 0.1) is 5.69 Å². The number of carbonyl (C=O) groups excluding carboxylic acids is 1. The van der Waals surface area contributed by atoms with Gasteiger partial charge in [0, 0.05) is 42.5 Å². The van der Waals surface area contributed by atoms with Crippen LogP contribution in [0, 0.1) is 17.6 Å². The summed E-state index contributed by atoms with van der Waals surface area (Å²) in [5.41, 5.74) is 1.39. The van der Waals surface area contributed by atoms with Crippen molar-refractivity contribution in [3.63, 3.8) is 0 Å². The number of hydrogen-bond acceptors (Lipinski definition) is 3. The van der Waals surface area contributed by atoms with Crippen molar-refractivity contribution in [2.75, 3.05) is 25.1 Å². The predicted molar refractivity (Wildman–Crippen MR) is 109 cm³/mol. The van der Waals surface area contributed by atoms with Gasteiger partial charge in [-0.3, -0.25) is 4.79 Å². The molecule has 6 heteroatoms. The van der Waals surface area contributed by atoms with E-state index < -0.39 is 11.6 Å². The average Bonchev–Trinajstić information content (AvgIpc) is 2.75. The van der Waals surface area contributed by atoms with Crippen molar-refractivity contribution >= 4 is 28.1 Å². The molecule has 0 spiro atoms. The molecule has 4 nitrogen and oxygen atoms in total. The molecule has 0 aromatic heterocycles. The maximum Gasteiger partial charge on any atom is 0.251 e. The van der Waals surface area contributed by atoms with Crippen molar-refractivity contribution in [2.45, 2.75) is 12.8 Å². The molecule has 4 rings (SSSR count). The van der Waals surface area contributed by atoms with Crippen LogP contribution in [-0.4, -0.2) is 25.7 Å². The van der Waals surface area contributed by atoms with Crippen LogP contribution in [0.1, 0.15) is 23.2 Å². The van der Waals surface area contributed by atoms with E-state index in [4.69, 9.17) is 4.74 Å². The minimum atomic E-state index is -0.674. The van der Waals surface area contributed by atoms with Gasteiger partial charge in [0.1, 0.15) is 11.6 Å². The molecule has 1 amide bonds. The molecule has 1 saturated heterocycles. The van der Waals surface area contributed by atoms with E-state index >= 15 is 0 Å². The topological polar surface area (TPSA) is 50.4 Å². The van der Waals surface area contributed by atoms with E-state index in [9.17, 15) is 13.6 Å². The van der Waals surface area contributed by atoms with Crippen LogP contribution in [0.2, 0.25) is 0 Å². The SMILES string of the molecule is O=C(NCC1CCOCC1)c1ccc(Nc2ccc(F)cc2F)c2ccccc12. The van der Waals surface area contributed by atoms with Crippen LogP contribution in [0.4, 0.5) is 20.2 Å². The Morgan fingerprint density at radius 1 is 0.966 bits per heavy atom. The van der Waals surface area contributed by atoms with Gasteiger partial charge in [-0.1, -0.05) is 24.3 Å². The summed E-state index contributed by atoms with van der Waals surface area (Å²) in [6, 6.07) is 14.3. The molecule has 3 aromatic rings. The highest BCUT2D eigenvalue weighted by atomic mass is 19.1. The molecule has 1 heterocycles. The van der Waals surface area contributed by atoms with Gasteiger partial charge in [0.25, 0.3) is 5.91 Å². The van der Waals surface area contributed by atoms with E-state index in [2.05, 4.69) is 10.6 Å². The fraction of sp³-hybridized carbons (Fsp3) is 0.261. The Bertz CT molecular complexity index is 1030. The third kappa shape index (κ3) is 4.38. The van der Waals surface area contributed by atoms with Gasteiger partial charge in [-0.2, -0.15) is 0 Å². The number of amides is 1. The third-order valence-corrected chi connectivity index (χ3v) is 5.26. The number of rotatable bonds is 5. The number of fused-ring (bicyclic) bond motifs is 1. The Hall–Kier alpha value is -2.99. The normalized spacial score (nSPS) is 14.7. The van der Waals surface area contributed by atoms with Gasteiger partial charge in [-0.05, 0) is 48.4 Å². The fourth-order valence-electron chi connectivity index (χ4n) is 3.62. The van der Waals surface area contributed by atoms with Crippen molar-refractivity contribution < 1.29 is 18.3 Å². The number of benzene rings is 3. The van der Waals surface area contributed by atoms with Crippen molar-refractivity contribution in [1.29, 1.82) is 0 Å². The van der Waals surface area contributed by atoms with E-state index in [1.807, 2.05) is 24.3 Å². The quantitative estimate of drug-likeness (QED) is 0.637. The summed E-state index contributed by atoms with van der Waals surface area (Å²) >= 11 is 0. The molecule has 2 N–H and O–H groups in total. The summed E-state index contributed by atoms with van der Waals surface area (Å²) in [7, 11) is 0. The van der Waals surface area contributed by atoms with E-state index in [1.54, 1.807) is 12.1 Å². The van der Waals surface area contributed by atoms with Gasteiger partial charge in [-0.25, -0.2) is 8.78 Å². The molecule has 0 saturated carbocycles. The fourth-order valence-corrected chi connectivity index (χ4v) is 3.62. The van der Waals surface area contributed by atoms with E-state index in [-0.39, 0.29) is 11.6 Å². The zero-order valence-electron chi connectivity index (χ0n) is 15.9. The van der Waals surface area contributed by atoms with Crippen molar-refractivity contribution in [3.05, 3.63) is 71.8 Å². The smallest absolute Gasteiger partial charge is 0.251 e. The lowest BCUT2D eigenvalue weighted by atomic mass is 9.99. The number of nitrogens with one attached hydrogen (secondary N) is 2. The summed E-state index contributed by atoms with van der Waals surface area (Å²) in [5.74, 6) is -1.00. The summed E-state index contributed by atoms with van der Waals surface area (Å²) in [5, 5.41) is 7.59. The predicted octanol–water partition coefficient (Wildman–Crippen LogP) is 5.02. The van der Waals surface area contributed by atoms with Crippen LogP contribution in [0.15, 0.2) is 54.6 Å². The second-order valence-corrected chi connectivity index (χ2v) is 7.22. The first-order valence-corrected chi connectivity index (χ1v) is 9.71. The summed E-state index contributed by atoms with van der Waals surface area (Å²) < 4.78 is 32.6. The second-order valence-electron chi connectivity index (χ2n) is 7.22. The average molecular weight is 396 g/mol. The molecule has 150 valence electrons. The number of ether oxygens (including phenoxy) is 1. The highest BCUT2D eigenvalue weighted by Gasteiger charge is 2.17. The molecule has 0 radical (unpaired) electrons. The van der Waals surface area contributed by atoms with E-state index in [0.29, 0.717) is 23.7 Å². The lowest BCUT2D eigenvalue weighted by Crippen LogP contribution is -2.32. The number of carbonyl (C=O) groups is 1. The zero-order chi connectivity index (χ0) is 20.2. The highest BCUT2D eigenvalue weighted by Crippen LogP contribution is 2.30. The Kier molecular flexibility index (Phi) is 5.71. The van der Waals surface area contributed by atoms with Crippen LogP contribution in [0.25, 0.3) is 10.8 Å². The van der Waals surface area contributed by atoms with Crippen molar-refractivity contribution in [1.82, 2.24) is 5.32 Å². The first kappa shape index (κ1) is 19.3. The molecule has 1 fully saturated rings. The number of halogens is 2. The molecular formula is C23H22F2N2O2. The summed E-state index contributed by atoms with van der Waals surface area (Å²) in [6.45, 7) is 2.10. The van der Waals surface area contributed by atoms with E-state index in [0.717, 1.165) is 42.9 Å². The van der Waals surface area contributed by atoms with Crippen LogP contribution >= 0.6 is 0 Å². The third-order valence-electron chi connectivity index (χ3n) is 5.26. The Morgan fingerprint density at radius 2 is 1.69 bits per heavy atom. The first-order valence-electron chi connectivity index (χ1n) is 9.71. The minimum Gasteiger partial charge on any atom is -0.381 e. The Labute approximate surface area is 167 Å². The van der Waals surface area contributed by atoms with Gasteiger partial charge in [0.2, 0.25) is 0 Å². The standard InChI is InChI=1S/C23H22F2N2O2/c24-16-5-7-22(20(25)13-16)27-21-8-6-19(17-3-1-2-4-18(17)21)23(28)26-14-15-9-11-29-12-10-15/h1-8,13,15,27H,9-12,14H2,(H,26,28). The maximum atomic E-state index is 14.0.